The van der Waals surface area contributed by atoms with Crippen molar-refractivity contribution in [3.8, 4) is 0 Å². The molecule has 1 aromatic rings. The third kappa shape index (κ3) is 3.95. The van der Waals surface area contributed by atoms with E-state index in [4.69, 9.17) is 5.73 Å². The van der Waals surface area contributed by atoms with Gasteiger partial charge < -0.3 is 21.1 Å². The summed E-state index contributed by atoms with van der Waals surface area (Å²) < 4.78 is 0. The van der Waals surface area contributed by atoms with Crippen LogP contribution in [0.25, 0.3) is 0 Å². The second-order valence-electron chi connectivity index (χ2n) is 5.52. The van der Waals surface area contributed by atoms with Crippen LogP contribution < -0.4 is 11.1 Å². The summed E-state index contributed by atoms with van der Waals surface area (Å²) in [6, 6.07) is 7.25. The average molecular weight is 277 g/mol. The molecule has 110 valence electrons. The van der Waals surface area contributed by atoms with Crippen LogP contribution in [0.1, 0.15) is 19.8 Å². The van der Waals surface area contributed by atoms with Gasteiger partial charge in [-0.05, 0) is 24.5 Å². The molecule has 5 nitrogen and oxygen atoms in total. The van der Waals surface area contributed by atoms with Gasteiger partial charge in [0, 0.05) is 26.1 Å². The number of aliphatic hydroxyl groups excluding tert-OH is 1. The van der Waals surface area contributed by atoms with Crippen LogP contribution in [0.3, 0.4) is 0 Å². The molecule has 0 bridgehead atoms. The molecule has 0 aromatic heterocycles. The molecule has 2 rings (SSSR count). The number of nitrogens with zero attached hydrogens (tertiary/aromatic N) is 1. The van der Waals surface area contributed by atoms with Crippen LogP contribution >= 0.6 is 0 Å². The summed E-state index contributed by atoms with van der Waals surface area (Å²) in [4.78, 5) is 14.1. The second kappa shape index (κ2) is 6.72. The van der Waals surface area contributed by atoms with Gasteiger partial charge in [-0.15, -0.1) is 0 Å². The zero-order valence-corrected chi connectivity index (χ0v) is 11.9. The first-order valence-electron chi connectivity index (χ1n) is 7.11. The summed E-state index contributed by atoms with van der Waals surface area (Å²) in [7, 11) is 0. The summed E-state index contributed by atoms with van der Waals surface area (Å²) in [5.74, 6) is 0.248. The second-order valence-corrected chi connectivity index (χ2v) is 5.52. The number of nitrogens with two attached hydrogens (primary N) is 1. The van der Waals surface area contributed by atoms with Crippen molar-refractivity contribution in [3.63, 3.8) is 0 Å². The lowest BCUT2D eigenvalue weighted by Crippen LogP contribution is -2.42. The number of nitrogens with one attached hydrogen (secondary N) is 1. The van der Waals surface area contributed by atoms with Crippen molar-refractivity contribution >= 4 is 17.3 Å². The Morgan fingerprint density at radius 2 is 2.25 bits per heavy atom. The number of nitrogen functional groups attached to an aromatic ring is 1. The maximum atomic E-state index is 11.9. The molecule has 1 heterocycles. The molecule has 2 unspecified atom stereocenters. The molecule has 4 N–H and O–H groups in total. The number of aliphatic hydroxyl groups is 1. The molecule has 0 spiro atoms. The third-order valence-corrected chi connectivity index (χ3v) is 3.83. The number of amides is 1. The first kappa shape index (κ1) is 14.8. The van der Waals surface area contributed by atoms with Gasteiger partial charge >= 0.3 is 0 Å². The molecule has 0 aliphatic carbocycles. The first-order chi connectivity index (χ1) is 9.56. The Morgan fingerprint density at radius 3 is 2.95 bits per heavy atom. The number of piperidine rings is 1. The van der Waals surface area contributed by atoms with Crippen LogP contribution in [0, 0.1) is 5.92 Å². The van der Waals surface area contributed by atoms with Crippen LogP contribution in [0.15, 0.2) is 24.3 Å². The number of anilines is 2. The summed E-state index contributed by atoms with van der Waals surface area (Å²) in [5, 5.41) is 12.5. The van der Waals surface area contributed by atoms with E-state index in [9.17, 15) is 9.90 Å². The standard InChI is InChI=1S/C15H23N3O2/c1-11-10-18(8-6-14(11)19)9-7-15(20)17-13-5-3-2-4-12(13)16/h2-5,11,14,19H,6-10,16H2,1H3,(H,17,20). The van der Waals surface area contributed by atoms with Crippen molar-refractivity contribution in [2.45, 2.75) is 25.9 Å². The number of para-hydroxylation sites is 2. The van der Waals surface area contributed by atoms with Gasteiger partial charge in [0.05, 0.1) is 17.5 Å². The fourth-order valence-corrected chi connectivity index (χ4v) is 2.51. The van der Waals surface area contributed by atoms with E-state index in [1.54, 1.807) is 12.1 Å². The normalized spacial score (nSPS) is 23.5. The first-order valence-corrected chi connectivity index (χ1v) is 7.11. The topological polar surface area (TPSA) is 78.6 Å². The van der Waals surface area contributed by atoms with E-state index < -0.39 is 0 Å². The number of likely N-dealkylation sites (tertiary alicyclic amines) is 1. The minimum atomic E-state index is -0.204. The van der Waals surface area contributed by atoms with Crippen LogP contribution in [-0.4, -0.2) is 41.7 Å². The van der Waals surface area contributed by atoms with Gasteiger partial charge in [-0.1, -0.05) is 19.1 Å². The van der Waals surface area contributed by atoms with Crippen LogP contribution in [0.4, 0.5) is 11.4 Å². The van der Waals surface area contributed by atoms with Crippen LogP contribution in [-0.2, 0) is 4.79 Å². The van der Waals surface area contributed by atoms with Crippen LogP contribution in [0.5, 0.6) is 0 Å². The Kier molecular flexibility index (Phi) is 4.98. The number of hydrogen-bond donors (Lipinski definition) is 3. The Morgan fingerprint density at radius 1 is 1.50 bits per heavy atom. The van der Waals surface area contributed by atoms with E-state index in [1.807, 2.05) is 19.1 Å². The minimum Gasteiger partial charge on any atom is -0.397 e. The zero-order chi connectivity index (χ0) is 14.5. The molecule has 1 amide bonds. The van der Waals surface area contributed by atoms with Gasteiger partial charge in [0.15, 0.2) is 0 Å². The quantitative estimate of drug-likeness (QED) is 0.725. The molecular weight excluding hydrogens is 254 g/mol. The number of benzene rings is 1. The highest BCUT2D eigenvalue weighted by Gasteiger charge is 2.24. The lowest BCUT2D eigenvalue weighted by molar-refractivity contribution is -0.116. The van der Waals surface area contributed by atoms with Crippen LogP contribution in [0.2, 0.25) is 0 Å². The van der Waals surface area contributed by atoms with E-state index in [0.717, 1.165) is 26.1 Å². The van der Waals surface area contributed by atoms with Gasteiger partial charge in [-0.2, -0.15) is 0 Å². The summed E-state index contributed by atoms with van der Waals surface area (Å²) in [5.41, 5.74) is 7.03. The fraction of sp³-hybridized carbons (Fsp3) is 0.533. The van der Waals surface area contributed by atoms with Crippen molar-refractivity contribution in [3.05, 3.63) is 24.3 Å². The van der Waals surface area contributed by atoms with Gasteiger partial charge in [0.2, 0.25) is 5.91 Å². The SMILES string of the molecule is CC1CN(CCC(=O)Nc2ccccc2N)CCC1O. The molecule has 0 radical (unpaired) electrons. The smallest absolute Gasteiger partial charge is 0.225 e. The van der Waals surface area contributed by atoms with Gasteiger partial charge in [-0.25, -0.2) is 0 Å². The highest BCUT2D eigenvalue weighted by molar-refractivity contribution is 5.93. The molecule has 1 saturated heterocycles. The molecule has 1 aromatic carbocycles. The summed E-state index contributed by atoms with van der Waals surface area (Å²) >= 11 is 0. The number of carbonyl (C=O) groups is 1. The Bertz CT molecular complexity index is 464. The van der Waals surface area contributed by atoms with Crippen molar-refractivity contribution in [1.82, 2.24) is 4.90 Å². The predicted octanol–water partition coefficient (Wildman–Crippen LogP) is 1.30. The maximum Gasteiger partial charge on any atom is 0.225 e. The molecule has 0 saturated carbocycles. The van der Waals surface area contributed by atoms with Crippen molar-refractivity contribution in [2.24, 2.45) is 5.92 Å². The molecule has 5 heteroatoms. The number of hydrogen-bond acceptors (Lipinski definition) is 4. The fourth-order valence-electron chi connectivity index (χ4n) is 2.51. The van der Waals surface area contributed by atoms with Crippen molar-refractivity contribution in [1.29, 1.82) is 0 Å². The van der Waals surface area contributed by atoms with E-state index >= 15 is 0 Å². The van der Waals surface area contributed by atoms with Gasteiger partial charge in [0.25, 0.3) is 0 Å². The van der Waals surface area contributed by atoms with E-state index in [-0.39, 0.29) is 17.9 Å². The average Bonchev–Trinajstić information content (AvgIpc) is 2.43. The lowest BCUT2D eigenvalue weighted by Gasteiger charge is -2.34. The molecule has 2 atom stereocenters. The Hall–Kier alpha value is -1.59. The number of rotatable bonds is 4. The molecule has 20 heavy (non-hydrogen) atoms. The van der Waals surface area contributed by atoms with Crippen molar-refractivity contribution < 1.29 is 9.90 Å². The monoisotopic (exact) mass is 277 g/mol. The van der Waals surface area contributed by atoms with E-state index in [1.165, 1.54) is 0 Å². The zero-order valence-electron chi connectivity index (χ0n) is 11.9. The Labute approximate surface area is 119 Å². The maximum absolute atomic E-state index is 11.9. The third-order valence-electron chi connectivity index (χ3n) is 3.83. The summed E-state index contributed by atoms with van der Waals surface area (Å²) in [6.45, 7) is 4.46. The highest BCUT2D eigenvalue weighted by atomic mass is 16.3. The van der Waals surface area contributed by atoms with Crippen molar-refractivity contribution in [2.75, 3.05) is 30.7 Å². The largest absolute Gasteiger partial charge is 0.397 e. The number of carbonyl (C=O) groups excluding carboxylic acids is 1. The lowest BCUT2D eigenvalue weighted by atomic mass is 9.97. The molecular formula is C15H23N3O2. The minimum absolute atomic E-state index is 0.0262. The highest BCUT2D eigenvalue weighted by Crippen LogP contribution is 2.18. The Balaban J connectivity index is 1.77. The molecule has 1 aliphatic heterocycles. The van der Waals surface area contributed by atoms with Gasteiger partial charge in [-0.3, -0.25) is 4.79 Å². The van der Waals surface area contributed by atoms with E-state index in [2.05, 4.69) is 10.2 Å². The predicted molar refractivity (Wildman–Crippen MR) is 80.3 cm³/mol. The molecule has 1 aliphatic rings. The van der Waals surface area contributed by atoms with Gasteiger partial charge in [0.1, 0.15) is 0 Å². The molecule has 1 fully saturated rings. The summed E-state index contributed by atoms with van der Waals surface area (Å²) in [6.07, 6.45) is 1.02. The van der Waals surface area contributed by atoms with E-state index in [0.29, 0.717) is 17.8 Å².